The molecular weight excluding hydrogens is 412 g/mol. The number of nitrogens with zero attached hydrogens (tertiary/aromatic N) is 1. The summed E-state index contributed by atoms with van der Waals surface area (Å²) in [7, 11) is 1.27. The third-order valence-corrected chi connectivity index (χ3v) is 6.26. The van der Waals surface area contributed by atoms with Gasteiger partial charge in [-0.3, -0.25) is 4.79 Å². The van der Waals surface area contributed by atoms with Crippen molar-refractivity contribution in [2.75, 3.05) is 7.11 Å². The molecule has 2 saturated heterocycles. The van der Waals surface area contributed by atoms with Crippen molar-refractivity contribution in [1.82, 2.24) is 10.2 Å². The van der Waals surface area contributed by atoms with Gasteiger partial charge in [-0.1, -0.05) is 60.7 Å². The average Bonchev–Trinajstić information content (AvgIpc) is 3.28. The van der Waals surface area contributed by atoms with Crippen LogP contribution < -0.4 is 5.32 Å². The number of alkyl carbamates (subject to hydrolysis) is 1. The predicted octanol–water partition coefficient (Wildman–Crippen LogP) is 2.11. The molecule has 4 atom stereocenters. The SMILES string of the molecule is COC(=O)[C@@H]1CC[C@H]2N1C(=O)[C@@H](NC(=O)OCc1ccccc1)C[C@@]2(O)c1ccccc1. The molecule has 0 bridgehead atoms. The number of benzene rings is 2. The van der Waals surface area contributed by atoms with Gasteiger partial charge in [0.25, 0.3) is 0 Å². The number of amides is 2. The maximum Gasteiger partial charge on any atom is 0.408 e. The molecule has 32 heavy (non-hydrogen) atoms. The maximum atomic E-state index is 13.3. The van der Waals surface area contributed by atoms with Gasteiger partial charge in [0.15, 0.2) is 0 Å². The number of hydrogen-bond donors (Lipinski definition) is 2. The number of carbonyl (C=O) groups excluding carboxylic acids is 3. The minimum absolute atomic E-state index is 0.0225. The van der Waals surface area contributed by atoms with E-state index in [1.165, 1.54) is 12.0 Å². The van der Waals surface area contributed by atoms with E-state index in [-0.39, 0.29) is 13.0 Å². The van der Waals surface area contributed by atoms with Gasteiger partial charge >= 0.3 is 12.1 Å². The molecule has 0 aliphatic carbocycles. The fraction of sp³-hybridized carbons (Fsp3) is 0.375. The van der Waals surface area contributed by atoms with E-state index in [4.69, 9.17) is 9.47 Å². The Balaban J connectivity index is 1.57. The number of fused-ring (bicyclic) bond motifs is 1. The molecule has 8 nitrogen and oxygen atoms in total. The lowest BCUT2D eigenvalue weighted by Gasteiger charge is -2.47. The molecule has 0 radical (unpaired) electrons. The van der Waals surface area contributed by atoms with E-state index in [0.29, 0.717) is 18.4 Å². The van der Waals surface area contributed by atoms with Crippen molar-refractivity contribution >= 4 is 18.0 Å². The van der Waals surface area contributed by atoms with E-state index in [1.807, 2.05) is 36.4 Å². The van der Waals surface area contributed by atoms with Crippen molar-refractivity contribution in [1.29, 1.82) is 0 Å². The topological polar surface area (TPSA) is 105 Å². The maximum absolute atomic E-state index is 13.3. The molecule has 2 amide bonds. The molecule has 2 heterocycles. The zero-order chi connectivity index (χ0) is 22.7. The second-order valence-electron chi connectivity index (χ2n) is 8.13. The molecule has 2 fully saturated rings. The summed E-state index contributed by atoms with van der Waals surface area (Å²) in [6.45, 7) is 0.0493. The Morgan fingerprint density at radius 3 is 2.41 bits per heavy atom. The number of nitrogens with one attached hydrogen (secondary N) is 1. The van der Waals surface area contributed by atoms with Crippen LogP contribution in [0.5, 0.6) is 0 Å². The molecule has 2 aromatic rings. The summed E-state index contributed by atoms with van der Waals surface area (Å²) in [6, 6.07) is 15.7. The van der Waals surface area contributed by atoms with Gasteiger partial charge in [0, 0.05) is 6.42 Å². The number of rotatable bonds is 5. The lowest BCUT2D eigenvalue weighted by atomic mass is 9.77. The van der Waals surface area contributed by atoms with Crippen LogP contribution in [0, 0.1) is 0 Å². The Morgan fingerprint density at radius 1 is 1.09 bits per heavy atom. The fourth-order valence-corrected chi connectivity index (χ4v) is 4.73. The molecule has 0 aromatic heterocycles. The minimum Gasteiger partial charge on any atom is -0.467 e. The Morgan fingerprint density at radius 2 is 1.75 bits per heavy atom. The number of carbonyl (C=O) groups is 3. The largest absolute Gasteiger partial charge is 0.467 e. The Labute approximate surface area is 186 Å². The summed E-state index contributed by atoms with van der Waals surface area (Å²) < 4.78 is 10.1. The van der Waals surface area contributed by atoms with Crippen LogP contribution in [-0.4, -0.2) is 53.2 Å². The van der Waals surface area contributed by atoms with E-state index in [1.54, 1.807) is 24.3 Å². The Hall–Kier alpha value is -3.39. The van der Waals surface area contributed by atoms with Gasteiger partial charge in [-0.2, -0.15) is 0 Å². The number of aliphatic hydroxyl groups is 1. The van der Waals surface area contributed by atoms with Crippen molar-refractivity contribution in [3.8, 4) is 0 Å². The van der Waals surface area contributed by atoms with Crippen LogP contribution in [0.2, 0.25) is 0 Å². The van der Waals surface area contributed by atoms with E-state index < -0.39 is 41.7 Å². The molecule has 2 N–H and O–H groups in total. The van der Waals surface area contributed by atoms with E-state index in [0.717, 1.165) is 5.56 Å². The number of esters is 1. The van der Waals surface area contributed by atoms with Gasteiger partial charge in [-0.15, -0.1) is 0 Å². The lowest BCUT2D eigenvalue weighted by molar-refractivity contribution is -0.166. The number of hydrogen-bond acceptors (Lipinski definition) is 6. The highest BCUT2D eigenvalue weighted by Gasteiger charge is 2.58. The third-order valence-electron chi connectivity index (χ3n) is 6.26. The minimum atomic E-state index is -1.44. The molecule has 168 valence electrons. The second kappa shape index (κ2) is 9.00. The first-order chi connectivity index (χ1) is 15.4. The highest BCUT2D eigenvalue weighted by molar-refractivity contribution is 5.91. The van der Waals surface area contributed by atoms with Crippen molar-refractivity contribution < 1.29 is 29.0 Å². The van der Waals surface area contributed by atoms with Gasteiger partial charge in [-0.25, -0.2) is 9.59 Å². The van der Waals surface area contributed by atoms with Gasteiger partial charge < -0.3 is 24.8 Å². The summed E-state index contributed by atoms with van der Waals surface area (Å²) in [5, 5.41) is 14.3. The standard InChI is InChI=1S/C24H26N2O6/c1-31-22(28)19-12-13-20-24(30,17-10-6-3-7-11-17)14-18(21(27)26(19)20)25-23(29)32-15-16-8-4-2-5-9-16/h2-11,18-20,30H,12-15H2,1H3,(H,25,29)/t18-,19-,20+,24+/m0/s1. The van der Waals surface area contributed by atoms with Crippen LogP contribution in [0.25, 0.3) is 0 Å². The summed E-state index contributed by atoms with van der Waals surface area (Å²) in [6.07, 6.45) is 0.0338. The van der Waals surface area contributed by atoms with E-state index in [2.05, 4.69) is 5.32 Å². The van der Waals surface area contributed by atoms with Crippen molar-refractivity contribution in [3.05, 3.63) is 71.8 Å². The van der Waals surface area contributed by atoms with Crippen LogP contribution in [-0.2, 0) is 31.3 Å². The smallest absolute Gasteiger partial charge is 0.408 e. The van der Waals surface area contributed by atoms with Crippen molar-refractivity contribution in [2.45, 2.75) is 49.6 Å². The van der Waals surface area contributed by atoms with Crippen LogP contribution >= 0.6 is 0 Å². The number of methoxy groups -OCH3 is 1. The van der Waals surface area contributed by atoms with Gasteiger partial charge in [0.2, 0.25) is 5.91 Å². The normalized spacial score (nSPS) is 26.9. The summed E-state index contributed by atoms with van der Waals surface area (Å²) in [5.74, 6) is -0.969. The highest BCUT2D eigenvalue weighted by Crippen LogP contribution is 2.44. The third kappa shape index (κ3) is 4.05. The molecule has 8 heteroatoms. The van der Waals surface area contributed by atoms with Crippen molar-refractivity contribution in [2.24, 2.45) is 0 Å². The zero-order valence-electron chi connectivity index (χ0n) is 17.8. The van der Waals surface area contributed by atoms with Gasteiger partial charge in [0.1, 0.15) is 24.3 Å². The first-order valence-electron chi connectivity index (χ1n) is 10.6. The molecule has 2 aromatic carbocycles. The molecular formula is C24H26N2O6. The quantitative estimate of drug-likeness (QED) is 0.693. The van der Waals surface area contributed by atoms with Gasteiger partial charge in [0.05, 0.1) is 13.2 Å². The molecule has 2 aliphatic heterocycles. The zero-order valence-corrected chi connectivity index (χ0v) is 17.8. The molecule has 0 saturated carbocycles. The predicted molar refractivity (Wildman–Crippen MR) is 114 cm³/mol. The summed E-state index contributed by atoms with van der Waals surface area (Å²) in [4.78, 5) is 39.5. The highest BCUT2D eigenvalue weighted by atomic mass is 16.5. The summed E-state index contributed by atoms with van der Waals surface area (Å²) >= 11 is 0. The Kier molecular flexibility index (Phi) is 6.14. The number of ether oxygens (including phenoxy) is 2. The average molecular weight is 438 g/mol. The molecule has 0 unspecified atom stereocenters. The van der Waals surface area contributed by atoms with Gasteiger partial charge in [-0.05, 0) is 24.0 Å². The van der Waals surface area contributed by atoms with Crippen LogP contribution in [0.15, 0.2) is 60.7 Å². The fourth-order valence-electron chi connectivity index (χ4n) is 4.73. The number of piperidine rings is 1. The first kappa shape index (κ1) is 21.8. The summed E-state index contributed by atoms with van der Waals surface area (Å²) in [5.41, 5.74) is -0.00349. The lowest BCUT2D eigenvalue weighted by Crippen LogP contribution is -2.65. The van der Waals surface area contributed by atoms with E-state index in [9.17, 15) is 19.5 Å². The second-order valence-corrected chi connectivity index (χ2v) is 8.13. The molecule has 2 aliphatic rings. The van der Waals surface area contributed by atoms with Crippen LogP contribution in [0.4, 0.5) is 4.79 Å². The Bertz CT molecular complexity index is 982. The van der Waals surface area contributed by atoms with Crippen LogP contribution in [0.3, 0.4) is 0 Å². The first-order valence-corrected chi connectivity index (χ1v) is 10.6. The van der Waals surface area contributed by atoms with E-state index >= 15 is 0 Å². The molecule has 0 spiro atoms. The van der Waals surface area contributed by atoms with Crippen molar-refractivity contribution in [3.63, 3.8) is 0 Å². The monoisotopic (exact) mass is 438 g/mol. The molecule has 4 rings (SSSR count). The van der Waals surface area contributed by atoms with Crippen LogP contribution in [0.1, 0.15) is 30.4 Å².